The number of hydrogen-bond donors (Lipinski definition) is 3. The van der Waals surface area contributed by atoms with Crippen molar-refractivity contribution >= 4 is 11.5 Å². The predicted octanol–water partition coefficient (Wildman–Crippen LogP) is 3.61. The Labute approximate surface area is 147 Å². The zero-order valence-electron chi connectivity index (χ0n) is 13.8. The third kappa shape index (κ3) is 3.39. The van der Waals surface area contributed by atoms with Gasteiger partial charge in [0, 0.05) is 11.3 Å². The fraction of sp³-hybridized carbons (Fsp3) is 0.0952. The molecule has 4 heteroatoms. The first kappa shape index (κ1) is 15.4. The first-order valence-electron chi connectivity index (χ1n) is 8.36. The second kappa shape index (κ2) is 6.79. The van der Waals surface area contributed by atoms with Gasteiger partial charge in [0.05, 0.1) is 0 Å². The van der Waals surface area contributed by atoms with Crippen LogP contribution < -0.4 is 16.4 Å². The van der Waals surface area contributed by atoms with Crippen LogP contribution in [-0.4, -0.2) is 5.84 Å². The van der Waals surface area contributed by atoms with Crippen molar-refractivity contribution < 1.29 is 0 Å². The van der Waals surface area contributed by atoms with E-state index in [2.05, 4.69) is 34.9 Å². The highest BCUT2D eigenvalue weighted by Crippen LogP contribution is 2.25. The van der Waals surface area contributed by atoms with E-state index in [1.54, 1.807) is 0 Å². The van der Waals surface area contributed by atoms with E-state index < -0.39 is 0 Å². The third-order valence-corrected chi connectivity index (χ3v) is 4.27. The minimum Gasteiger partial charge on any atom is -0.399 e. The van der Waals surface area contributed by atoms with Crippen LogP contribution in [0.3, 0.4) is 0 Å². The molecule has 1 heterocycles. The second-order valence-corrected chi connectivity index (χ2v) is 6.07. The summed E-state index contributed by atoms with van der Waals surface area (Å²) in [6.45, 7) is 0. The molecule has 2 unspecified atom stereocenters. The van der Waals surface area contributed by atoms with Crippen LogP contribution >= 0.6 is 0 Å². The monoisotopic (exact) mass is 328 g/mol. The Morgan fingerprint density at radius 2 is 1.44 bits per heavy atom. The van der Waals surface area contributed by atoms with Crippen molar-refractivity contribution in [2.75, 3.05) is 5.73 Å². The van der Waals surface area contributed by atoms with Gasteiger partial charge in [-0.15, -0.1) is 0 Å². The standard InChI is InChI=1S/C21H20N4/c22-18-13-7-12-17(14-18)21-24-19(15-8-3-1-4-9-15)23-20(25-21)16-10-5-2-6-11-16/h1-14,19,21,24H,22H2,(H,23,25). The molecule has 0 aromatic heterocycles. The van der Waals surface area contributed by atoms with Gasteiger partial charge in [-0.3, -0.25) is 5.32 Å². The molecule has 3 aromatic rings. The third-order valence-electron chi connectivity index (χ3n) is 4.27. The zero-order valence-corrected chi connectivity index (χ0v) is 13.8. The summed E-state index contributed by atoms with van der Waals surface area (Å²) in [7, 11) is 0. The molecule has 0 bridgehead atoms. The smallest absolute Gasteiger partial charge is 0.131 e. The highest BCUT2D eigenvalue weighted by molar-refractivity contribution is 5.99. The fourth-order valence-electron chi connectivity index (χ4n) is 3.02. The van der Waals surface area contributed by atoms with Crippen LogP contribution in [0.15, 0.2) is 89.9 Å². The minimum atomic E-state index is -0.162. The SMILES string of the molecule is Nc1cccc(C2N=C(c3ccccc3)NC(c3ccccc3)N2)c1. The summed E-state index contributed by atoms with van der Waals surface area (Å²) in [6.07, 6.45) is -0.189. The largest absolute Gasteiger partial charge is 0.399 e. The quantitative estimate of drug-likeness (QED) is 0.644. The average Bonchev–Trinajstić information content (AvgIpc) is 2.69. The van der Waals surface area contributed by atoms with E-state index in [0.29, 0.717) is 0 Å². The maximum atomic E-state index is 5.96. The van der Waals surface area contributed by atoms with Gasteiger partial charge in [-0.1, -0.05) is 72.8 Å². The van der Waals surface area contributed by atoms with Crippen molar-refractivity contribution in [3.63, 3.8) is 0 Å². The maximum Gasteiger partial charge on any atom is 0.131 e. The van der Waals surface area contributed by atoms with E-state index in [1.807, 2.05) is 60.7 Å². The Morgan fingerprint density at radius 1 is 0.760 bits per heavy atom. The number of nitrogen functional groups attached to an aromatic ring is 1. The lowest BCUT2D eigenvalue weighted by Crippen LogP contribution is -2.44. The van der Waals surface area contributed by atoms with Crippen molar-refractivity contribution in [2.24, 2.45) is 4.99 Å². The molecule has 0 saturated heterocycles. The Bertz CT molecular complexity index is 875. The summed E-state index contributed by atoms with van der Waals surface area (Å²) in [6, 6.07) is 28.4. The lowest BCUT2D eigenvalue weighted by Gasteiger charge is -2.32. The Balaban J connectivity index is 1.74. The number of nitrogens with two attached hydrogens (primary N) is 1. The summed E-state index contributed by atoms with van der Waals surface area (Å²) in [4.78, 5) is 4.88. The molecule has 1 aliphatic heterocycles. The zero-order chi connectivity index (χ0) is 17.1. The highest BCUT2D eigenvalue weighted by atomic mass is 15.3. The van der Waals surface area contributed by atoms with Crippen LogP contribution in [-0.2, 0) is 0 Å². The maximum absolute atomic E-state index is 5.96. The Kier molecular flexibility index (Phi) is 4.19. The van der Waals surface area contributed by atoms with Gasteiger partial charge in [-0.05, 0) is 23.3 Å². The Hall–Kier alpha value is -3.11. The Morgan fingerprint density at radius 3 is 2.16 bits per heavy atom. The number of hydrogen-bond acceptors (Lipinski definition) is 4. The summed E-state index contributed by atoms with van der Waals surface area (Å²) < 4.78 is 0. The van der Waals surface area contributed by atoms with Crippen molar-refractivity contribution in [3.05, 3.63) is 102 Å². The lowest BCUT2D eigenvalue weighted by atomic mass is 10.1. The minimum absolute atomic E-state index is 0.0275. The number of benzene rings is 3. The topological polar surface area (TPSA) is 62.4 Å². The summed E-state index contributed by atoms with van der Waals surface area (Å²) in [5, 5.41) is 7.07. The van der Waals surface area contributed by atoms with Gasteiger partial charge >= 0.3 is 0 Å². The number of nitrogens with zero attached hydrogens (tertiary/aromatic N) is 1. The number of rotatable bonds is 3. The van der Waals surface area contributed by atoms with Gasteiger partial charge in [0.15, 0.2) is 0 Å². The van der Waals surface area contributed by atoms with Gasteiger partial charge in [0.25, 0.3) is 0 Å². The van der Waals surface area contributed by atoms with Gasteiger partial charge in [-0.2, -0.15) is 0 Å². The van der Waals surface area contributed by atoms with Crippen molar-refractivity contribution in [3.8, 4) is 0 Å². The number of anilines is 1. The van der Waals surface area contributed by atoms with Crippen LogP contribution in [0.25, 0.3) is 0 Å². The van der Waals surface area contributed by atoms with E-state index in [1.165, 1.54) is 5.56 Å². The molecule has 4 nitrogen and oxygen atoms in total. The lowest BCUT2D eigenvalue weighted by molar-refractivity contribution is 0.409. The van der Waals surface area contributed by atoms with Crippen LogP contribution in [0.5, 0.6) is 0 Å². The number of amidine groups is 1. The van der Waals surface area contributed by atoms with E-state index in [-0.39, 0.29) is 12.3 Å². The van der Waals surface area contributed by atoms with Crippen LogP contribution in [0.1, 0.15) is 29.0 Å². The molecule has 4 rings (SSSR count). The average molecular weight is 328 g/mol. The molecule has 2 atom stereocenters. The summed E-state index contributed by atoms with van der Waals surface area (Å²) in [5.74, 6) is 0.876. The second-order valence-electron chi connectivity index (χ2n) is 6.07. The van der Waals surface area contributed by atoms with Crippen molar-refractivity contribution in [1.82, 2.24) is 10.6 Å². The van der Waals surface area contributed by atoms with Gasteiger partial charge in [0.1, 0.15) is 18.2 Å². The van der Waals surface area contributed by atoms with E-state index >= 15 is 0 Å². The molecule has 0 amide bonds. The van der Waals surface area contributed by atoms with Crippen molar-refractivity contribution in [2.45, 2.75) is 12.3 Å². The molecule has 0 aliphatic carbocycles. The molecule has 0 radical (unpaired) electrons. The van der Waals surface area contributed by atoms with Gasteiger partial charge < -0.3 is 11.1 Å². The summed E-state index contributed by atoms with van der Waals surface area (Å²) >= 11 is 0. The number of nitrogens with one attached hydrogen (secondary N) is 2. The molecule has 0 fully saturated rings. The molecule has 25 heavy (non-hydrogen) atoms. The van der Waals surface area contributed by atoms with Crippen LogP contribution in [0.2, 0.25) is 0 Å². The van der Waals surface area contributed by atoms with E-state index in [9.17, 15) is 0 Å². The number of aliphatic imine (C=N–C) groups is 1. The molecular formula is C21H20N4. The normalized spacial score (nSPS) is 19.8. The van der Waals surface area contributed by atoms with Gasteiger partial charge in [0.2, 0.25) is 0 Å². The fourth-order valence-corrected chi connectivity index (χ4v) is 3.02. The highest BCUT2D eigenvalue weighted by Gasteiger charge is 2.25. The first-order valence-corrected chi connectivity index (χ1v) is 8.36. The molecular weight excluding hydrogens is 308 g/mol. The summed E-state index contributed by atoms with van der Waals surface area (Å²) in [5.41, 5.74) is 9.99. The molecule has 124 valence electrons. The van der Waals surface area contributed by atoms with Crippen LogP contribution in [0, 0.1) is 0 Å². The van der Waals surface area contributed by atoms with Crippen LogP contribution in [0.4, 0.5) is 5.69 Å². The van der Waals surface area contributed by atoms with Crippen molar-refractivity contribution in [1.29, 1.82) is 0 Å². The van der Waals surface area contributed by atoms with E-state index in [0.717, 1.165) is 22.6 Å². The predicted molar refractivity (Wildman–Crippen MR) is 102 cm³/mol. The first-order chi connectivity index (χ1) is 12.3. The molecule has 0 spiro atoms. The molecule has 0 saturated carbocycles. The molecule has 1 aliphatic rings. The van der Waals surface area contributed by atoms with E-state index in [4.69, 9.17) is 10.7 Å². The van der Waals surface area contributed by atoms with Gasteiger partial charge in [-0.25, -0.2) is 4.99 Å². The molecule has 3 aromatic carbocycles. The molecule has 4 N–H and O–H groups in total.